The van der Waals surface area contributed by atoms with Crippen LogP contribution in [-0.2, 0) is 6.54 Å². The molecule has 1 aromatic rings. The summed E-state index contributed by atoms with van der Waals surface area (Å²) in [6, 6.07) is 4.02. The summed E-state index contributed by atoms with van der Waals surface area (Å²) in [4.78, 5) is 6.38. The van der Waals surface area contributed by atoms with Gasteiger partial charge in [0.25, 0.3) is 0 Å². The highest BCUT2D eigenvalue weighted by molar-refractivity contribution is 5.17. The number of hydrogen-bond acceptors (Lipinski definition) is 4. The summed E-state index contributed by atoms with van der Waals surface area (Å²) in [5.41, 5.74) is 0.948. The monoisotopic (exact) mass is 237 g/mol. The summed E-state index contributed by atoms with van der Waals surface area (Å²) in [5, 5.41) is 12.5. The van der Waals surface area contributed by atoms with Gasteiger partial charge in [0, 0.05) is 19.1 Å². The van der Waals surface area contributed by atoms with Gasteiger partial charge in [0.05, 0.1) is 11.9 Å². The normalized spacial score (nSPS) is 13.3. The zero-order valence-electron chi connectivity index (χ0n) is 11.1. The fourth-order valence-electron chi connectivity index (χ4n) is 1.88. The lowest BCUT2D eigenvalue weighted by molar-refractivity contribution is 0.224. The van der Waals surface area contributed by atoms with Gasteiger partial charge in [-0.25, -0.2) is 0 Å². The Kier molecular flexibility index (Phi) is 5.38. The van der Waals surface area contributed by atoms with E-state index in [1.165, 1.54) is 6.20 Å². The minimum atomic E-state index is 0.210. The number of likely N-dealkylation sites (N-methyl/N-ethyl adjacent to an activating group) is 1. The molecule has 0 bridgehead atoms. The molecule has 1 atom stereocenters. The van der Waals surface area contributed by atoms with E-state index in [4.69, 9.17) is 5.11 Å². The standard InChI is InChI=1S/C13H23N3O/c1-10(2)13(16(3)4)9-14-7-11-5-6-12(17)8-15-11/h5-6,8,10,13-14,17H,7,9H2,1-4H3. The van der Waals surface area contributed by atoms with E-state index in [1.807, 2.05) is 6.07 Å². The minimum absolute atomic E-state index is 0.210. The average Bonchev–Trinajstić information content (AvgIpc) is 2.25. The topological polar surface area (TPSA) is 48.4 Å². The summed E-state index contributed by atoms with van der Waals surface area (Å²) in [7, 11) is 4.20. The lowest BCUT2D eigenvalue weighted by Gasteiger charge is -2.28. The molecule has 0 radical (unpaired) electrons. The van der Waals surface area contributed by atoms with Crippen LogP contribution >= 0.6 is 0 Å². The van der Waals surface area contributed by atoms with E-state index in [9.17, 15) is 0 Å². The molecular weight excluding hydrogens is 214 g/mol. The smallest absolute Gasteiger partial charge is 0.133 e. The lowest BCUT2D eigenvalue weighted by Crippen LogP contribution is -2.41. The molecule has 0 aliphatic carbocycles. The SMILES string of the molecule is CC(C)C(CNCc1ccc(O)cn1)N(C)C. The molecular formula is C13H23N3O. The number of hydrogen-bond donors (Lipinski definition) is 2. The molecule has 0 fully saturated rings. The molecule has 1 aromatic heterocycles. The molecule has 4 nitrogen and oxygen atoms in total. The molecule has 96 valence electrons. The van der Waals surface area contributed by atoms with E-state index >= 15 is 0 Å². The van der Waals surface area contributed by atoms with Gasteiger partial charge in [-0.1, -0.05) is 13.8 Å². The van der Waals surface area contributed by atoms with Crippen molar-refractivity contribution in [2.24, 2.45) is 5.92 Å². The van der Waals surface area contributed by atoms with Crippen LogP contribution in [0.3, 0.4) is 0 Å². The second-order valence-corrected chi connectivity index (χ2v) is 4.91. The Balaban J connectivity index is 2.38. The quantitative estimate of drug-likeness (QED) is 0.786. The Hall–Kier alpha value is -1.13. The Morgan fingerprint density at radius 1 is 1.35 bits per heavy atom. The Morgan fingerprint density at radius 2 is 2.06 bits per heavy atom. The molecule has 0 aliphatic rings. The largest absolute Gasteiger partial charge is 0.506 e. The van der Waals surface area contributed by atoms with Crippen molar-refractivity contribution >= 4 is 0 Å². The molecule has 0 spiro atoms. The van der Waals surface area contributed by atoms with Crippen molar-refractivity contribution < 1.29 is 5.11 Å². The predicted octanol–water partition coefficient (Wildman–Crippen LogP) is 1.46. The van der Waals surface area contributed by atoms with Gasteiger partial charge < -0.3 is 15.3 Å². The third-order valence-electron chi connectivity index (χ3n) is 2.90. The first-order valence-corrected chi connectivity index (χ1v) is 6.01. The molecule has 17 heavy (non-hydrogen) atoms. The van der Waals surface area contributed by atoms with Gasteiger partial charge >= 0.3 is 0 Å². The van der Waals surface area contributed by atoms with Crippen LogP contribution in [-0.4, -0.2) is 41.7 Å². The van der Waals surface area contributed by atoms with E-state index in [-0.39, 0.29) is 5.75 Å². The van der Waals surface area contributed by atoms with Gasteiger partial charge in [-0.2, -0.15) is 0 Å². The van der Waals surface area contributed by atoms with Crippen LogP contribution in [0.5, 0.6) is 5.75 Å². The molecule has 2 N–H and O–H groups in total. The maximum Gasteiger partial charge on any atom is 0.133 e. The van der Waals surface area contributed by atoms with Gasteiger partial charge in [0.1, 0.15) is 5.75 Å². The van der Waals surface area contributed by atoms with Crippen LogP contribution in [0.4, 0.5) is 0 Å². The maximum atomic E-state index is 9.13. The number of pyridine rings is 1. The minimum Gasteiger partial charge on any atom is -0.506 e. The van der Waals surface area contributed by atoms with Gasteiger partial charge in [0.15, 0.2) is 0 Å². The third-order valence-corrected chi connectivity index (χ3v) is 2.90. The molecule has 1 rings (SSSR count). The van der Waals surface area contributed by atoms with Crippen molar-refractivity contribution in [2.45, 2.75) is 26.4 Å². The van der Waals surface area contributed by atoms with E-state index < -0.39 is 0 Å². The van der Waals surface area contributed by atoms with Gasteiger partial charge in [-0.15, -0.1) is 0 Å². The van der Waals surface area contributed by atoms with Crippen LogP contribution in [0.15, 0.2) is 18.3 Å². The Bertz CT molecular complexity index is 314. The number of rotatable bonds is 6. The zero-order valence-corrected chi connectivity index (χ0v) is 11.1. The second kappa shape index (κ2) is 6.57. The zero-order chi connectivity index (χ0) is 12.8. The number of aromatic hydroxyl groups is 1. The Morgan fingerprint density at radius 3 is 2.53 bits per heavy atom. The van der Waals surface area contributed by atoms with Crippen molar-refractivity contribution in [2.75, 3.05) is 20.6 Å². The highest BCUT2D eigenvalue weighted by Crippen LogP contribution is 2.07. The summed E-state index contributed by atoms with van der Waals surface area (Å²) in [6.07, 6.45) is 1.48. The second-order valence-electron chi connectivity index (χ2n) is 4.91. The molecule has 0 aliphatic heterocycles. The highest BCUT2D eigenvalue weighted by Gasteiger charge is 2.14. The highest BCUT2D eigenvalue weighted by atomic mass is 16.3. The predicted molar refractivity (Wildman–Crippen MR) is 69.9 cm³/mol. The summed E-state index contributed by atoms with van der Waals surface area (Å²) < 4.78 is 0. The molecule has 0 amide bonds. The van der Waals surface area contributed by atoms with Crippen LogP contribution in [0, 0.1) is 5.92 Å². The first-order valence-electron chi connectivity index (χ1n) is 6.01. The fourth-order valence-corrected chi connectivity index (χ4v) is 1.88. The molecule has 1 unspecified atom stereocenters. The molecule has 1 heterocycles. The number of aromatic nitrogens is 1. The van der Waals surface area contributed by atoms with Crippen molar-refractivity contribution in [3.05, 3.63) is 24.0 Å². The van der Waals surface area contributed by atoms with Crippen LogP contribution in [0.25, 0.3) is 0 Å². The van der Waals surface area contributed by atoms with Gasteiger partial charge in [-0.3, -0.25) is 4.98 Å². The van der Waals surface area contributed by atoms with Gasteiger partial charge in [0.2, 0.25) is 0 Å². The first-order chi connectivity index (χ1) is 8.00. The number of nitrogens with zero attached hydrogens (tertiary/aromatic N) is 2. The van der Waals surface area contributed by atoms with Crippen molar-refractivity contribution in [3.8, 4) is 5.75 Å². The average molecular weight is 237 g/mol. The van der Waals surface area contributed by atoms with Crippen molar-refractivity contribution in [1.82, 2.24) is 15.2 Å². The van der Waals surface area contributed by atoms with Crippen molar-refractivity contribution in [1.29, 1.82) is 0 Å². The van der Waals surface area contributed by atoms with Crippen LogP contribution in [0.1, 0.15) is 19.5 Å². The fraction of sp³-hybridized carbons (Fsp3) is 0.615. The van der Waals surface area contributed by atoms with Crippen molar-refractivity contribution in [3.63, 3.8) is 0 Å². The first kappa shape index (κ1) is 13.9. The maximum absolute atomic E-state index is 9.13. The van der Waals surface area contributed by atoms with Crippen LogP contribution < -0.4 is 5.32 Å². The number of nitrogens with one attached hydrogen (secondary N) is 1. The lowest BCUT2D eigenvalue weighted by atomic mass is 10.0. The van der Waals surface area contributed by atoms with E-state index in [2.05, 4.69) is 43.1 Å². The molecule has 0 saturated carbocycles. The third kappa shape index (κ3) is 4.71. The van der Waals surface area contributed by atoms with Gasteiger partial charge in [-0.05, 0) is 32.1 Å². The molecule has 0 saturated heterocycles. The summed E-state index contributed by atoms with van der Waals surface area (Å²) >= 11 is 0. The molecule has 0 aromatic carbocycles. The molecule has 4 heteroatoms. The Labute approximate surface area is 104 Å². The van der Waals surface area contributed by atoms with Crippen LogP contribution in [0.2, 0.25) is 0 Å². The van der Waals surface area contributed by atoms with E-state index in [0.29, 0.717) is 12.0 Å². The summed E-state index contributed by atoms with van der Waals surface area (Å²) in [5.74, 6) is 0.826. The summed E-state index contributed by atoms with van der Waals surface area (Å²) in [6.45, 7) is 6.13. The van der Waals surface area contributed by atoms with E-state index in [1.54, 1.807) is 6.07 Å². The van der Waals surface area contributed by atoms with E-state index in [0.717, 1.165) is 18.8 Å².